The van der Waals surface area contributed by atoms with Gasteiger partial charge in [0.15, 0.2) is 0 Å². The van der Waals surface area contributed by atoms with Crippen molar-refractivity contribution in [3.63, 3.8) is 0 Å². The summed E-state index contributed by atoms with van der Waals surface area (Å²) in [6.45, 7) is 3.42. The van der Waals surface area contributed by atoms with Crippen LogP contribution in [0, 0.1) is 0 Å². The molecule has 1 unspecified atom stereocenters. The Labute approximate surface area is 158 Å². The van der Waals surface area contributed by atoms with Crippen LogP contribution in [0.1, 0.15) is 37.4 Å². The Kier molecular flexibility index (Phi) is 5.83. The minimum absolute atomic E-state index is 0.145. The van der Waals surface area contributed by atoms with Crippen LogP contribution in [-0.2, 0) is 4.74 Å². The van der Waals surface area contributed by atoms with Crippen molar-refractivity contribution in [3.8, 4) is 5.88 Å². The molecule has 1 saturated carbocycles. The molecule has 7 nitrogen and oxygen atoms in total. The van der Waals surface area contributed by atoms with E-state index >= 15 is 0 Å². The molecule has 1 aliphatic heterocycles. The molecule has 0 radical (unpaired) electrons. The molecule has 2 heterocycles. The number of nitrogens with zero attached hydrogens (tertiary/aromatic N) is 3. The Balaban J connectivity index is 1.44. The van der Waals surface area contributed by atoms with Crippen molar-refractivity contribution in [1.82, 2.24) is 14.9 Å². The monoisotopic (exact) mass is 373 g/mol. The van der Waals surface area contributed by atoms with Crippen molar-refractivity contribution in [2.24, 2.45) is 0 Å². The van der Waals surface area contributed by atoms with E-state index < -0.39 is 6.10 Å². The topological polar surface area (TPSA) is 87.9 Å². The molecule has 146 valence electrons. The van der Waals surface area contributed by atoms with Crippen molar-refractivity contribution >= 4 is 10.9 Å². The minimum atomic E-state index is -0.911. The highest BCUT2D eigenvalue weighted by molar-refractivity contribution is 5.84. The van der Waals surface area contributed by atoms with E-state index in [1.165, 1.54) is 6.33 Å². The van der Waals surface area contributed by atoms with Crippen LogP contribution in [0.15, 0.2) is 24.5 Å². The SMILES string of the molecule is OCC(O)c1ccc2ncnc(O[C@H]3CC[C@H](N4CCOCC4)CC3)c2c1. The van der Waals surface area contributed by atoms with Crippen molar-refractivity contribution in [2.45, 2.75) is 43.9 Å². The second-order valence-electron chi connectivity index (χ2n) is 7.35. The number of benzene rings is 1. The summed E-state index contributed by atoms with van der Waals surface area (Å²) >= 11 is 0. The molecular formula is C20H27N3O4. The van der Waals surface area contributed by atoms with E-state index in [-0.39, 0.29) is 12.7 Å². The second kappa shape index (κ2) is 8.48. The van der Waals surface area contributed by atoms with E-state index in [9.17, 15) is 10.2 Å². The molecule has 7 heteroatoms. The number of hydrogen-bond donors (Lipinski definition) is 2. The lowest BCUT2D eigenvalue weighted by molar-refractivity contribution is -0.00126. The van der Waals surface area contributed by atoms with Gasteiger partial charge in [-0.1, -0.05) is 6.07 Å². The first kappa shape index (κ1) is 18.6. The molecule has 0 spiro atoms. The lowest BCUT2D eigenvalue weighted by Crippen LogP contribution is -2.46. The van der Waals surface area contributed by atoms with Gasteiger partial charge in [-0.05, 0) is 43.4 Å². The number of morpholine rings is 1. The standard InChI is InChI=1S/C20H27N3O4/c24-12-19(25)14-1-6-18-17(11-14)20(22-13-21-18)27-16-4-2-15(3-5-16)23-7-9-26-10-8-23/h1,6,11,13,15-16,19,24-25H,2-5,7-10,12H2/t15-,16-,19?. The van der Waals surface area contributed by atoms with E-state index in [1.54, 1.807) is 6.07 Å². The van der Waals surface area contributed by atoms with Crippen LogP contribution < -0.4 is 4.74 Å². The smallest absolute Gasteiger partial charge is 0.224 e. The summed E-state index contributed by atoms with van der Waals surface area (Å²) in [5.74, 6) is 0.557. The Hall–Kier alpha value is -1.80. The van der Waals surface area contributed by atoms with Crippen LogP contribution in [0.4, 0.5) is 0 Å². The summed E-state index contributed by atoms with van der Waals surface area (Å²) in [5, 5.41) is 19.9. The molecule has 0 bridgehead atoms. The highest BCUT2D eigenvalue weighted by atomic mass is 16.5. The van der Waals surface area contributed by atoms with Gasteiger partial charge in [-0.25, -0.2) is 9.97 Å². The lowest BCUT2D eigenvalue weighted by Gasteiger charge is -2.38. The minimum Gasteiger partial charge on any atom is -0.474 e. The Morgan fingerprint density at radius 3 is 2.67 bits per heavy atom. The second-order valence-corrected chi connectivity index (χ2v) is 7.35. The Morgan fingerprint density at radius 1 is 1.15 bits per heavy atom. The molecule has 1 aromatic carbocycles. The lowest BCUT2D eigenvalue weighted by atomic mass is 9.91. The third-order valence-corrected chi connectivity index (χ3v) is 5.66. The fraction of sp³-hybridized carbons (Fsp3) is 0.600. The number of aliphatic hydroxyl groups is 2. The van der Waals surface area contributed by atoms with Crippen molar-refractivity contribution in [2.75, 3.05) is 32.9 Å². The van der Waals surface area contributed by atoms with Crippen molar-refractivity contribution < 1.29 is 19.7 Å². The van der Waals surface area contributed by atoms with Crippen LogP contribution in [0.25, 0.3) is 10.9 Å². The fourth-order valence-corrected chi connectivity index (χ4v) is 4.09. The van der Waals surface area contributed by atoms with Gasteiger partial charge < -0.3 is 19.7 Å². The number of ether oxygens (including phenoxy) is 2. The normalized spacial score (nSPS) is 25.4. The van der Waals surface area contributed by atoms with Crippen molar-refractivity contribution in [3.05, 3.63) is 30.1 Å². The van der Waals surface area contributed by atoms with E-state index in [0.29, 0.717) is 17.5 Å². The first-order valence-corrected chi connectivity index (χ1v) is 9.76. The molecule has 27 heavy (non-hydrogen) atoms. The Bertz CT molecular complexity index is 758. The number of hydrogen-bond acceptors (Lipinski definition) is 7. The van der Waals surface area contributed by atoms with E-state index in [1.807, 2.05) is 12.1 Å². The number of aromatic nitrogens is 2. The van der Waals surface area contributed by atoms with Gasteiger partial charge in [0.25, 0.3) is 0 Å². The van der Waals surface area contributed by atoms with Gasteiger partial charge >= 0.3 is 0 Å². The van der Waals surface area contributed by atoms with Gasteiger partial charge in [0.2, 0.25) is 5.88 Å². The van der Waals surface area contributed by atoms with Crippen molar-refractivity contribution in [1.29, 1.82) is 0 Å². The average Bonchev–Trinajstić information content (AvgIpc) is 2.74. The molecular weight excluding hydrogens is 346 g/mol. The predicted molar refractivity (Wildman–Crippen MR) is 101 cm³/mol. The van der Waals surface area contributed by atoms with Gasteiger partial charge in [-0.3, -0.25) is 4.90 Å². The quantitative estimate of drug-likeness (QED) is 0.824. The van der Waals surface area contributed by atoms with Crippen LogP contribution in [0.3, 0.4) is 0 Å². The van der Waals surface area contributed by atoms with Crippen LogP contribution >= 0.6 is 0 Å². The third kappa shape index (κ3) is 4.21. The fourth-order valence-electron chi connectivity index (χ4n) is 4.09. The Morgan fingerprint density at radius 2 is 1.93 bits per heavy atom. The maximum absolute atomic E-state index is 9.91. The summed E-state index contributed by atoms with van der Waals surface area (Å²) in [5.41, 5.74) is 1.41. The van der Waals surface area contributed by atoms with Gasteiger partial charge in [0.1, 0.15) is 18.5 Å². The molecule has 1 atom stereocenters. The van der Waals surface area contributed by atoms with Gasteiger partial charge in [0.05, 0.1) is 30.7 Å². The number of fused-ring (bicyclic) bond motifs is 1. The zero-order valence-electron chi connectivity index (χ0n) is 15.5. The maximum Gasteiger partial charge on any atom is 0.224 e. The molecule has 1 aliphatic carbocycles. The highest BCUT2D eigenvalue weighted by Crippen LogP contribution is 2.30. The van der Waals surface area contributed by atoms with E-state index in [4.69, 9.17) is 9.47 Å². The molecule has 1 aromatic heterocycles. The number of rotatable bonds is 5. The maximum atomic E-state index is 9.91. The molecule has 2 N–H and O–H groups in total. The largest absolute Gasteiger partial charge is 0.474 e. The van der Waals surface area contributed by atoms with Gasteiger partial charge in [-0.2, -0.15) is 0 Å². The summed E-state index contributed by atoms with van der Waals surface area (Å²) in [6, 6.07) is 6.04. The average molecular weight is 373 g/mol. The summed E-state index contributed by atoms with van der Waals surface area (Å²) < 4.78 is 11.7. The first-order valence-electron chi connectivity index (χ1n) is 9.76. The molecule has 2 fully saturated rings. The molecule has 2 aliphatic rings. The van der Waals surface area contributed by atoms with Crippen LogP contribution in [0.5, 0.6) is 5.88 Å². The summed E-state index contributed by atoms with van der Waals surface area (Å²) in [6.07, 6.45) is 5.01. The zero-order chi connectivity index (χ0) is 18.6. The molecule has 2 aromatic rings. The first-order chi connectivity index (χ1) is 13.2. The molecule has 1 saturated heterocycles. The van der Waals surface area contributed by atoms with Crippen LogP contribution in [0.2, 0.25) is 0 Å². The number of aliphatic hydroxyl groups excluding tert-OH is 2. The van der Waals surface area contributed by atoms with Gasteiger partial charge in [-0.15, -0.1) is 0 Å². The van der Waals surface area contributed by atoms with E-state index in [0.717, 1.165) is 62.9 Å². The zero-order valence-corrected chi connectivity index (χ0v) is 15.5. The predicted octanol–water partition coefficient (Wildman–Crippen LogP) is 1.68. The van der Waals surface area contributed by atoms with E-state index in [2.05, 4.69) is 14.9 Å². The van der Waals surface area contributed by atoms with Crippen LogP contribution in [-0.4, -0.2) is 70.1 Å². The third-order valence-electron chi connectivity index (χ3n) is 5.66. The summed E-state index contributed by atoms with van der Waals surface area (Å²) in [4.78, 5) is 11.2. The summed E-state index contributed by atoms with van der Waals surface area (Å²) in [7, 11) is 0. The molecule has 0 amide bonds. The highest BCUT2D eigenvalue weighted by Gasteiger charge is 2.28. The molecule has 4 rings (SSSR count). The van der Waals surface area contributed by atoms with Gasteiger partial charge in [0, 0.05) is 19.1 Å².